The van der Waals surface area contributed by atoms with Crippen LogP contribution in [0.5, 0.6) is 5.75 Å². The van der Waals surface area contributed by atoms with Crippen LogP contribution >= 0.6 is 0 Å². The van der Waals surface area contributed by atoms with Crippen molar-refractivity contribution in [1.29, 1.82) is 0 Å². The minimum atomic E-state index is 0.380. The van der Waals surface area contributed by atoms with Crippen LogP contribution in [0.2, 0.25) is 0 Å². The lowest BCUT2D eigenvalue weighted by Gasteiger charge is -2.28. The molecule has 0 fully saturated rings. The van der Waals surface area contributed by atoms with Crippen LogP contribution in [0.25, 0.3) is 10.8 Å². The fourth-order valence-corrected chi connectivity index (χ4v) is 3.88. The predicted molar refractivity (Wildman–Crippen MR) is 101 cm³/mol. The SMILES string of the molecule is CC[C@@H](N[C@H]1CCc2[nH]ncc2C1)c1ccc2cc(OC)ccc2c1. The predicted octanol–water partition coefficient (Wildman–Crippen LogP) is 4.17. The van der Waals surface area contributed by atoms with Gasteiger partial charge in [0.15, 0.2) is 0 Å². The van der Waals surface area contributed by atoms with Crippen molar-refractivity contribution in [3.8, 4) is 5.75 Å². The third-order valence-electron chi connectivity index (χ3n) is 5.34. The van der Waals surface area contributed by atoms with Crippen LogP contribution in [-0.4, -0.2) is 23.3 Å². The number of nitrogens with one attached hydrogen (secondary N) is 2. The number of aryl methyl sites for hydroxylation is 1. The summed E-state index contributed by atoms with van der Waals surface area (Å²) in [7, 11) is 1.71. The molecule has 0 bridgehead atoms. The molecule has 0 saturated carbocycles. The minimum Gasteiger partial charge on any atom is -0.497 e. The van der Waals surface area contributed by atoms with Crippen LogP contribution in [0, 0.1) is 0 Å². The number of fused-ring (bicyclic) bond motifs is 2. The zero-order valence-corrected chi connectivity index (χ0v) is 14.9. The highest BCUT2D eigenvalue weighted by Crippen LogP contribution is 2.27. The lowest BCUT2D eigenvalue weighted by Crippen LogP contribution is -2.37. The van der Waals surface area contributed by atoms with E-state index in [0.29, 0.717) is 12.1 Å². The number of H-pyrrole nitrogens is 1. The van der Waals surface area contributed by atoms with Gasteiger partial charge in [-0.05, 0) is 65.8 Å². The fraction of sp³-hybridized carbons (Fsp3) is 0.381. The summed E-state index contributed by atoms with van der Waals surface area (Å²) in [5.41, 5.74) is 4.04. The van der Waals surface area contributed by atoms with Crippen LogP contribution in [0.4, 0.5) is 0 Å². The molecule has 0 amide bonds. The van der Waals surface area contributed by atoms with Gasteiger partial charge in [-0.1, -0.05) is 25.1 Å². The molecule has 0 spiro atoms. The minimum absolute atomic E-state index is 0.380. The fourth-order valence-electron chi connectivity index (χ4n) is 3.88. The maximum Gasteiger partial charge on any atom is 0.119 e. The number of ether oxygens (including phenoxy) is 1. The normalized spacial score (nSPS) is 18.1. The topological polar surface area (TPSA) is 49.9 Å². The number of aromatic nitrogens is 2. The van der Waals surface area contributed by atoms with Crippen molar-refractivity contribution < 1.29 is 4.74 Å². The Bertz CT molecular complexity index is 870. The van der Waals surface area contributed by atoms with Crippen LogP contribution in [-0.2, 0) is 12.8 Å². The van der Waals surface area contributed by atoms with Gasteiger partial charge in [-0.25, -0.2) is 0 Å². The van der Waals surface area contributed by atoms with Gasteiger partial charge in [0.1, 0.15) is 5.75 Å². The van der Waals surface area contributed by atoms with E-state index in [0.717, 1.165) is 31.4 Å². The second-order valence-corrected chi connectivity index (χ2v) is 6.91. The summed E-state index contributed by atoms with van der Waals surface area (Å²) in [6.45, 7) is 2.25. The molecule has 2 atom stereocenters. The van der Waals surface area contributed by atoms with Crippen LogP contribution < -0.4 is 10.1 Å². The van der Waals surface area contributed by atoms with Gasteiger partial charge < -0.3 is 10.1 Å². The van der Waals surface area contributed by atoms with Crippen molar-refractivity contribution in [2.45, 2.75) is 44.7 Å². The highest BCUT2D eigenvalue weighted by molar-refractivity contribution is 5.84. The number of benzene rings is 2. The summed E-state index contributed by atoms with van der Waals surface area (Å²) in [5.74, 6) is 0.906. The van der Waals surface area contributed by atoms with Crippen molar-refractivity contribution in [2.24, 2.45) is 0 Å². The summed E-state index contributed by atoms with van der Waals surface area (Å²) >= 11 is 0. The Morgan fingerprint density at radius 1 is 1.24 bits per heavy atom. The Hall–Kier alpha value is -2.33. The molecule has 3 aromatic rings. The number of methoxy groups -OCH3 is 1. The number of nitrogens with zero attached hydrogens (tertiary/aromatic N) is 1. The lowest BCUT2D eigenvalue weighted by molar-refractivity contribution is 0.391. The van der Waals surface area contributed by atoms with E-state index in [1.165, 1.54) is 27.6 Å². The third-order valence-corrected chi connectivity index (χ3v) is 5.34. The third kappa shape index (κ3) is 3.27. The number of hydrogen-bond donors (Lipinski definition) is 2. The first-order valence-corrected chi connectivity index (χ1v) is 9.11. The Balaban J connectivity index is 1.53. The quantitative estimate of drug-likeness (QED) is 0.736. The monoisotopic (exact) mass is 335 g/mol. The molecule has 0 saturated heterocycles. The highest BCUT2D eigenvalue weighted by atomic mass is 16.5. The van der Waals surface area contributed by atoms with E-state index < -0.39 is 0 Å². The molecule has 1 aliphatic carbocycles. The standard InChI is InChI=1S/C21H25N3O/c1-3-20(23-18-7-9-21-17(11-18)13-22-24-21)16-5-4-15-12-19(25-2)8-6-14(15)10-16/h4-6,8,10,12-13,18,20,23H,3,7,9,11H2,1-2H3,(H,22,24)/t18-,20+/m0/s1. The summed E-state index contributed by atoms with van der Waals surface area (Å²) in [6, 6.07) is 13.9. The van der Waals surface area contributed by atoms with E-state index >= 15 is 0 Å². The van der Waals surface area contributed by atoms with Crippen LogP contribution in [0.3, 0.4) is 0 Å². The van der Waals surface area contributed by atoms with Gasteiger partial charge >= 0.3 is 0 Å². The van der Waals surface area contributed by atoms with E-state index in [1.807, 2.05) is 12.3 Å². The first-order valence-electron chi connectivity index (χ1n) is 9.11. The molecule has 130 valence electrons. The van der Waals surface area contributed by atoms with Crippen molar-refractivity contribution >= 4 is 10.8 Å². The Morgan fingerprint density at radius 2 is 2.08 bits per heavy atom. The van der Waals surface area contributed by atoms with Gasteiger partial charge in [-0.15, -0.1) is 0 Å². The van der Waals surface area contributed by atoms with E-state index in [-0.39, 0.29) is 0 Å². The van der Waals surface area contributed by atoms with Crippen LogP contribution in [0.1, 0.15) is 42.6 Å². The van der Waals surface area contributed by atoms with Crippen molar-refractivity contribution in [3.05, 3.63) is 59.4 Å². The largest absolute Gasteiger partial charge is 0.497 e. The molecule has 4 nitrogen and oxygen atoms in total. The first-order chi connectivity index (χ1) is 12.3. The van der Waals surface area contributed by atoms with Gasteiger partial charge in [0.25, 0.3) is 0 Å². The molecular formula is C21H25N3O. The van der Waals surface area contributed by atoms with Gasteiger partial charge in [0.05, 0.1) is 13.3 Å². The molecule has 0 radical (unpaired) electrons. The average Bonchev–Trinajstić information content (AvgIpc) is 3.13. The maximum absolute atomic E-state index is 5.32. The molecule has 4 rings (SSSR count). The molecule has 1 aromatic heterocycles. The summed E-state index contributed by atoms with van der Waals surface area (Å²) in [4.78, 5) is 0. The summed E-state index contributed by atoms with van der Waals surface area (Å²) in [5, 5.41) is 13.7. The van der Waals surface area contributed by atoms with Crippen LogP contribution in [0.15, 0.2) is 42.6 Å². The zero-order valence-electron chi connectivity index (χ0n) is 14.9. The van der Waals surface area contributed by atoms with E-state index in [9.17, 15) is 0 Å². The van der Waals surface area contributed by atoms with Gasteiger partial charge in [-0.2, -0.15) is 5.10 Å². The smallest absolute Gasteiger partial charge is 0.119 e. The lowest BCUT2D eigenvalue weighted by atomic mass is 9.91. The number of hydrogen-bond acceptors (Lipinski definition) is 3. The van der Waals surface area contributed by atoms with E-state index in [2.05, 4.69) is 52.8 Å². The molecule has 1 aliphatic rings. The van der Waals surface area contributed by atoms with Gasteiger partial charge in [0, 0.05) is 17.8 Å². The highest BCUT2D eigenvalue weighted by Gasteiger charge is 2.22. The van der Waals surface area contributed by atoms with Gasteiger partial charge in [0.2, 0.25) is 0 Å². The molecule has 2 N–H and O–H groups in total. The Morgan fingerprint density at radius 3 is 2.92 bits per heavy atom. The molecule has 0 aliphatic heterocycles. The second kappa shape index (κ2) is 6.89. The molecule has 1 heterocycles. The molecule has 2 aromatic carbocycles. The maximum atomic E-state index is 5.32. The molecular weight excluding hydrogens is 310 g/mol. The van der Waals surface area contributed by atoms with E-state index in [4.69, 9.17) is 4.74 Å². The zero-order chi connectivity index (χ0) is 17.2. The first kappa shape index (κ1) is 16.2. The second-order valence-electron chi connectivity index (χ2n) is 6.91. The molecule has 0 unspecified atom stereocenters. The summed E-state index contributed by atoms with van der Waals surface area (Å²) < 4.78 is 5.32. The van der Waals surface area contributed by atoms with E-state index in [1.54, 1.807) is 7.11 Å². The average molecular weight is 335 g/mol. The van der Waals surface area contributed by atoms with Gasteiger partial charge in [-0.3, -0.25) is 5.10 Å². The van der Waals surface area contributed by atoms with Crippen molar-refractivity contribution in [3.63, 3.8) is 0 Å². The number of rotatable bonds is 5. The summed E-state index contributed by atoms with van der Waals surface area (Å²) in [6.07, 6.45) is 6.37. The van der Waals surface area contributed by atoms with Crippen molar-refractivity contribution in [1.82, 2.24) is 15.5 Å². The van der Waals surface area contributed by atoms with Crippen molar-refractivity contribution in [2.75, 3.05) is 7.11 Å². The Kier molecular flexibility index (Phi) is 4.45. The number of aromatic amines is 1. The molecule has 4 heteroatoms. The molecule has 25 heavy (non-hydrogen) atoms. The Labute approximate surface area is 148 Å².